The second-order valence-corrected chi connectivity index (χ2v) is 6.54. The van der Waals surface area contributed by atoms with Gasteiger partial charge in [-0.1, -0.05) is 27.5 Å². The standard InChI is InChI=1S/C11H7Br3ClN3O/c1-16-11(19)6-4-17-18(10(6)15)9-7(13)2-5(12)3-8(9)14/h2-4H,1H3,(H,16,19). The normalized spacial score (nSPS) is 10.6. The molecule has 0 fully saturated rings. The van der Waals surface area contributed by atoms with Gasteiger partial charge in [-0.3, -0.25) is 4.79 Å². The minimum Gasteiger partial charge on any atom is -0.355 e. The molecule has 0 radical (unpaired) electrons. The van der Waals surface area contributed by atoms with Crippen LogP contribution in [0.15, 0.2) is 31.7 Å². The van der Waals surface area contributed by atoms with Crippen molar-refractivity contribution >= 4 is 65.3 Å². The van der Waals surface area contributed by atoms with Gasteiger partial charge in [-0.2, -0.15) is 5.10 Å². The van der Waals surface area contributed by atoms with Crippen LogP contribution >= 0.6 is 59.4 Å². The summed E-state index contributed by atoms with van der Waals surface area (Å²) in [6.07, 6.45) is 1.43. The lowest BCUT2D eigenvalue weighted by atomic mass is 10.3. The number of hydrogen-bond donors (Lipinski definition) is 1. The molecule has 2 rings (SSSR count). The van der Waals surface area contributed by atoms with Crippen LogP contribution in [0.1, 0.15) is 10.4 Å². The lowest BCUT2D eigenvalue weighted by molar-refractivity contribution is 0.0963. The number of amides is 1. The van der Waals surface area contributed by atoms with Gasteiger partial charge in [0.05, 0.1) is 17.4 Å². The van der Waals surface area contributed by atoms with Crippen LogP contribution in [0.2, 0.25) is 5.15 Å². The molecule has 0 bridgehead atoms. The predicted octanol–water partition coefficient (Wildman–Crippen LogP) is 4.17. The Morgan fingerprint density at radius 2 is 1.89 bits per heavy atom. The van der Waals surface area contributed by atoms with E-state index in [9.17, 15) is 4.79 Å². The summed E-state index contributed by atoms with van der Waals surface area (Å²) >= 11 is 16.5. The largest absolute Gasteiger partial charge is 0.355 e. The van der Waals surface area contributed by atoms with Crippen molar-refractivity contribution in [1.29, 1.82) is 0 Å². The number of nitrogens with zero attached hydrogens (tertiary/aromatic N) is 2. The van der Waals surface area contributed by atoms with Crippen molar-refractivity contribution in [1.82, 2.24) is 15.1 Å². The summed E-state index contributed by atoms with van der Waals surface area (Å²) in [6.45, 7) is 0. The topological polar surface area (TPSA) is 46.9 Å². The number of aromatic nitrogens is 2. The smallest absolute Gasteiger partial charge is 0.255 e. The molecule has 1 amide bonds. The molecular weight excluding hydrogens is 465 g/mol. The van der Waals surface area contributed by atoms with Gasteiger partial charge >= 0.3 is 0 Å². The van der Waals surface area contributed by atoms with Crippen LogP contribution in [0.25, 0.3) is 5.69 Å². The minimum absolute atomic E-state index is 0.253. The van der Waals surface area contributed by atoms with Crippen LogP contribution in [0.4, 0.5) is 0 Å². The maximum absolute atomic E-state index is 11.6. The molecule has 0 unspecified atom stereocenters. The number of carbonyl (C=O) groups excluding carboxylic acids is 1. The van der Waals surface area contributed by atoms with Crippen molar-refractivity contribution in [2.24, 2.45) is 0 Å². The van der Waals surface area contributed by atoms with Crippen LogP contribution in [0.5, 0.6) is 0 Å². The van der Waals surface area contributed by atoms with Crippen LogP contribution in [-0.4, -0.2) is 22.7 Å². The molecule has 1 N–H and O–H groups in total. The number of carbonyl (C=O) groups is 1. The molecule has 1 heterocycles. The highest BCUT2D eigenvalue weighted by molar-refractivity contribution is 9.11. The van der Waals surface area contributed by atoms with E-state index in [4.69, 9.17) is 11.6 Å². The highest BCUT2D eigenvalue weighted by Gasteiger charge is 2.19. The molecule has 4 nitrogen and oxygen atoms in total. The molecule has 0 atom stereocenters. The van der Waals surface area contributed by atoms with Crippen molar-refractivity contribution in [3.8, 4) is 5.69 Å². The molecular formula is C11H7Br3ClN3O. The SMILES string of the molecule is CNC(=O)c1cnn(-c2c(Br)cc(Br)cc2Br)c1Cl. The van der Waals surface area contributed by atoms with Crippen LogP contribution in [0, 0.1) is 0 Å². The average Bonchev–Trinajstić information content (AvgIpc) is 2.69. The number of rotatable bonds is 2. The fraction of sp³-hybridized carbons (Fsp3) is 0.0909. The Balaban J connectivity index is 2.61. The van der Waals surface area contributed by atoms with E-state index < -0.39 is 0 Å². The molecule has 0 spiro atoms. The summed E-state index contributed by atoms with van der Waals surface area (Å²) in [5.41, 5.74) is 1.05. The lowest BCUT2D eigenvalue weighted by Crippen LogP contribution is -2.17. The van der Waals surface area contributed by atoms with Crippen molar-refractivity contribution in [2.45, 2.75) is 0 Å². The molecule has 8 heteroatoms. The number of benzene rings is 1. The highest BCUT2D eigenvalue weighted by Crippen LogP contribution is 2.34. The zero-order chi connectivity index (χ0) is 14.2. The summed E-state index contributed by atoms with van der Waals surface area (Å²) in [5.74, 6) is -0.277. The monoisotopic (exact) mass is 469 g/mol. The van der Waals surface area contributed by atoms with Gasteiger partial charge in [-0.25, -0.2) is 4.68 Å². The molecule has 1 aromatic heterocycles. The Hall–Kier alpha value is -0.370. The minimum atomic E-state index is -0.277. The molecule has 100 valence electrons. The Labute approximate surface area is 139 Å². The number of nitrogens with one attached hydrogen (secondary N) is 1. The van der Waals surface area contributed by atoms with Gasteiger partial charge in [0.25, 0.3) is 5.91 Å². The Morgan fingerprint density at radius 1 is 1.32 bits per heavy atom. The molecule has 1 aromatic carbocycles. The van der Waals surface area contributed by atoms with Gasteiger partial charge in [0, 0.05) is 20.5 Å². The van der Waals surface area contributed by atoms with Crippen LogP contribution in [-0.2, 0) is 0 Å². The van der Waals surface area contributed by atoms with E-state index in [0.717, 1.165) is 19.1 Å². The Morgan fingerprint density at radius 3 is 2.42 bits per heavy atom. The first kappa shape index (κ1) is 15.0. The second-order valence-electron chi connectivity index (χ2n) is 3.56. The molecule has 0 aliphatic heterocycles. The van der Waals surface area contributed by atoms with Gasteiger partial charge in [0.15, 0.2) is 0 Å². The lowest BCUT2D eigenvalue weighted by Gasteiger charge is -2.09. The summed E-state index contributed by atoms with van der Waals surface area (Å²) in [7, 11) is 1.54. The summed E-state index contributed by atoms with van der Waals surface area (Å²) in [6, 6.07) is 3.75. The Bertz CT molecular complexity index is 634. The average molecular weight is 472 g/mol. The van der Waals surface area contributed by atoms with Gasteiger partial charge in [-0.05, 0) is 44.0 Å². The number of hydrogen-bond acceptors (Lipinski definition) is 2. The first-order valence-corrected chi connectivity index (χ1v) is 7.82. The van der Waals surface area contributed by atoms with Crippen molar-refractivity contribution in [3.05, 3.63) is 42.5 Å². The number of halogens is 4. The highest BCUT2D eigenvalue weighted by atomic mass is 79.9. The second kappa shape index (κ2) is 5.95. The third-order valence-corrected chi connectivity index (χ3v) is 4.41. The van der Waals surface area contributed by atoms with Gasteiger partial charge in [0.1, 0.15) is 5.15 Å². The van der Waals surface area contributed by atoms with E-state index in [1.165, 1.54) is 10.9 Å². The zero-order valence-electron chi connectivity index (χ0n) is 9.55. The molecule has 0 aliphatic carbocycles. The zero-order valence-corrected chi connectivity index (χ0v) is 15.1. The van der Waals surface area contributed by atoms with Crippen molar-refractivity contribution < 1.29 is 4.79 Å². The van der Waals surface area contributed by atoms with E-state index >= 15 is 0 Å². The Kier molecular flexibility index (Phi) is 4.70. The predicted molar refractivity (Wildman–Crippen MR) is 85.1 cm³/mol. The summed E-state index contributed by atoms with van der Waals surface area (Å²) in [4.78, 5) is 11.6. The molecule has 0 saturated heterocycles. The molecule has 0 saturated carbocycles. The molecule has 19 heavy (non-hydrogen) atoms. The van der Waals surface area contributed by atoms with Gasteiger partial charge in [-0.15, -0.1) is 0 Å². The van der Waals surface area contributed by atoms with Crippen molar-refractivity contribution in [2.75, 3.05) is 7.05 Å². The third kappa shape index (κ3) is 2.89. The van der Waals surface area contributed by atoms with Crippen molar-refractivity contribution in [3.63, 3.8) is 0 Å². The van der Waals surface area contributed by atoms with Crippen LogP contribution < -0.4 is 5.32 Å². The summed E-state index contributed by atoms with van der Waals surface area (Å²) in [5, 5.41) is 6.93. The van der Waals surface area contributed by atoms with E-state index in [2.05, 4.69) is 58.2 Å². The fourth-order valence-electron chi connectivity index (χ4n) is 1.51. The quantitative estimate of drug-likeness (QED) is 0.714. The van der Waals surface area contributed by atoms with E-state index in [-0.39, 0.29) is 11.1 Å². The maximum atomic E-state index is 11.6. The molecule has 0 aliphatic rings. The van der Waals surface area contributed by atoms with E-state index in [1.807, 2.05) is 12.1 Å². The maximum Gasteiger partial charge on any atom is 0.255 e. The van der Waals surface area contributed by atoms with Gasteiger partial charge in [0.2, 0.25) is 0 Å². The molecule has 2 aromatic rings. The first-order valence-electron chi connectivity index (χ1n) is 5.06. The first-order chi connectivity index (χ1) is 8.95. The fourth-order valence-corrected chi connectivity index (χ4v) is 4.37. The summed E-state index contributed by atoms with van der Waals surface area (Å²) < 4.78 is 3.99. The van der Waals surface area contributed by atoms with E-state index in [1.54, 1.807) is 7.05 Å². The third-order valence-electron chi connectivity index (χ3n) is 2.38. The van der Waals surface area contributed by atoms with E-state index in [0.29, 0.717) is 5.56 Å². The van der Waals surface area contributed by atoms with Gasteiger partial charge < -0.3 is 5.32 Å². The van der Waals surface area contributed by atoms with Crippen LogP contribution in [0.3, 0.4) is 0 Å².